The van der Waals surface area contributed by atoms with Crippen molar-refractivity contribution < 1.29 is 13.2 Å². The van der Waals surface area contributed by atoms with E-state index < -0.39 is 10.0 Å². The van der Waals surface area contributed by atoms with Crippen LogP contribution in [0.1, 0.15) is 11.1 Å². The van der Waals surface area contributed by atoms with Gasteiger partial charge in [0.1, 0.15) is 0 Å². The maximum atomic E-state index is 11.6. The van der Waals surface area contributed by atoms with E-state index in [9.17, 15) is 8.42 Å². The Morgan fingerprint density at radius 1 is 1.35 bits per heavy atom. The number of ether oxygens (including phenoxy) is 1. The fraction of sp³-hybridized carbons (Fsp3) is 0.364. The van der Waals surface area contributed by atoms with Crippen molar-refractivity contribution in [3.8, 4) is 6.07 Å². The van der Waals surface area contributed by atoms with Crippen LogP contribution in [0.4, 0.5) is 0 Å². The molecule has 92 valence electrons. The van der Waals surface area contributed by atoms with Gasteiger partial charge in [0.05, 0.1) is 24.0 Å². The Hall–Kier alpha value is -1.42. The summed E-state index contributed by atoms with van der Waals surface area (Å²) in [6.07, 6.45) is 0. The van der Waals surface area contributed by atoms with E-state index in [1.54, 1.807) is 24.3 Å². The van der Waals surface area contributed by atoms with Crippen LogP contribution in [0.3, 0.4) is 0 Å². The van der Waals surface area contributed by atoms with E-state index in [-0.39, 0.29) is 12.3 Å². The highest BCUT2D eigenvalue weighted by molar-refractivity contribution is 7.88. The van der Waals surface area contributed by atoms with Crippen LogP contribution in [0.25, 0.3) is 0 Å². The van der Waals surface area contributed by atoms with Crippen molar-refractivity contribution in [2.24, 2.45) is 0 Å². The molecule has 0 aromatic heterocycles. The molecule has 0 radical (unpaired) electrons. The van der Waals surface area contributed by atoms with Gasteiger partial charge in [0, 0.05) is 13.7 Å². The van der Waals surface area contributed by atoms with Crippen molar-refractivity contribution in [3.05, 3.63) is 35.4 Å². The minimum absolute atomic E-state index is 0.0948. The summed E-state index contributed by atoms with van der Waals surface area (Å²) in [7, 11) is -1.83. The zero-order chi connectivity index (χ0) is 12.7. The zero-order valence-corrected chi connectivity index (χ0v) is 10.3. The third-order valence-electron chi connectivity index (χ3n) is 2.07. The Kier molecular flexibility index (Phi) is 5.10. The Morgan fingerprint density at radius 2 is 2.00 bits per heavy atom. The molecule has 1 N–H and O–H groups in total. The van der Waals surface area contributed by atoms with E-state index in [1.807, 2.05) is 6.07 Å². The summed E-state index contributed by atoms with van der Waals surface area (Å²) in [6.45, 7) is 0.599. The number of hydrogen-bond donors (Lipinski definition) is 1. The van der Waals surface area contributed by atoms with Crippen LogP contribution < -0.4 is 4.72 Å². The fourth-order valence-electron chi connectivity index (χ4n) is 1.25. The van der Waals surface area contributed by atoms with Gasteiger partial charge in [0.15, 0.2) is 0 Å². The lowest BCUT2D eigenvalue weighted by atomic mass is 10.2. The van der Waals surface area contributed by atoms with Crippen LogP contribution in [0, 0.1) is 11.3 Å². The number of methoxy groups -OCH3 is 1. The van der Waals surface area contributed by atoms with Gasteiger partial charge in [-0.05, 0) is 17.7 Å². The molecule has 0 aliphatic carbocycles. The van der Waals surface area contributed by atoms with Gasteiger partial charge >= 0.3 is 0 Å². The summed E-state index contributed by atoms with van der Waals surface area (Å²) in [6, 6.07) is 8.44. The molecule has 1 rings (SSSR count). The lowest BCUT2D eigenvalue weighted by Crippen LogP contribution is -2.28. The smallest absolute Gasteiger partial charge is 0.215 e. The predicted octanol–water partition coefficient (Wildman–Crippen LogP) is 0.624. The summed E-state index contributed by atoms with van der Waals surface area (Å²) < 4.78 is 30.4. The van der Waals surface area contributed by atoms with Crippen molar-refractivity contribution in [2.75, 3.05) is 20.3 Å². The van der Waals surface area contributed by atoms with Crippen molar-refractivity contribution in [1.82, 2.24) is 4.72 Å². The molecule has 0 saturated heterocycles. The number of sulfonamides is 1. The Bertz CT molecular complexity index is 488. The van der Waals surface area contributed by atoms with Crippen molar-refractivity contribution in [2.45, 2.75) is 5.75 Å². The van der Waals surface area contributed by atoms with Crippen LogP contribution >= 0.6 is 0 Å². The summed E-state index contributed by atoms with van der Waals surface area (Å²) in [5.41, 5.74) is 1.16. The zero-order valence-electron chi connectivity index (χ0n) is 9.51. The van der Waals surface area contributed by atoms with E-state index in [0.717, 1.165) is 0 Å². The normalized spacial score (nSPS) is 11.1. The average molecular weight is 254 g/mol. The van der Waals surface area contributed by atoms with Crippen LogP contribution in [0.15, 0.2) is 24.3 Å². The minimum atomic E-state index is -3.34. The third kappa shape index (κ3) is 4.95. The highest BCUT2D eigenvalue weighted by Crippen LogP contribution is 2.06. The van der Waals surface area contributed by atoms with Gasteiger partial charge in [-0.25, -0.2) is 13.1 Å². The van der Waals surface area contributed by atoms with E-state index in [1.165, 1.54) is 7.11 Å². The first kappa shape index (κ1) is 13.6. The first-order chi connectivity index (χ1) is 8.07. The van der Waals surface area contributed by atoms with E-state index in [2.05, 4.69) is 4.72 Å². The molecule has 0 spiro atoms. The lowest BCUT2D eigenvalue weighted by molar-refractivity contribution is 0.204. The van der Waals surface area contributed by atoms with Gasteiger partial charge in [-0.15, -0.1) is 0 Å². The highest BCUT2D eigenvalue weighted by atomic mass is 32.2. The molecule has 0 amide bonds. The average Bonchev–Trinajstić information content (AvgIpc) is 2.30. The Morgan fingerprint density at radius 3 is 2.53 bits per heavy atom. The molecule has 1 aromatic carbocycles. The van der Waals surface area contributed by atoms with Gasteiger partial charge < -0.3 is 4.74 Å². The van der Waals surface area contributed by atoms with Crippen molar-refractivity contribution in [1.29, 1.82) is 5.26 Å². The number of hydrogen-bond acceptors (Lipinski definition) is 4. The molecule has 0 aliphatic heterocycles. The number of nitriles is 1. The van der Waals surface area contributed by atoms with Gasteiger partial charge in [-0.3, -0.25) is 0 Å². The first-order valence-corrected chi connectivity index (χ1v) is 6.68. The van der Waals surface area contributed by atoms with Gasteiger partial charge in [0.25, 0.3) is 0 Å². The van der Waals surface area contributed by atoms with Crippen molar-refractivity contribution >= 4 is 10.0 Å². The van der Waals surface area contributed by atoms with E-state index in [0.29, 0.717) is 17.7 Å². The van der Waals surface area contributed by atoms with Crippen LogP contribution in [0.2, 0.25) is 0 Å². The van der Waals surface area contributed by atoms with Gasteiger partial charge in [-0.1, -0.05) is 12.1 Å². The molecular weight excluding hydrogens is 240 g/mol. The molecule has 0 heterocycles. The maximum absolute atomic E-state index is 11.6. The summed E-state index contributed by atoms with van der Waals surface area (Å²) in [5.74, 6) is -0.0948. The molecular formula is C11H14N2O3S. The van der Waals surface area contributed by atoms with Gasteiger partial charge in [-0.2, -0.15) is 5.26 Å². The Labute approximate surface area is 101 Å². The molecule has 0 atom stereocenters. The Balaban J connectivity index is 2.60. The van der Waals surface area contributed by atoms with Gasteiger partial charge in [0.2, 0.25) is 10.0 Å². The number of benzene rings is 1. The second-order valence-electron chi connectivity index (χ2n) is 3.45. The molecule has 5 nitrogen and oxygen atoms in total. The van der Waals surface area contributed by atoms with Crippen LogP contribution in [0.5, 0.6) is 0 Å². The molecule has 0 unspecified atom stereocenters. The summed E-state index contributed by atoms with van der Waals surface area (Å²) in [5, 5.41) is 8.61. The number of nitrogens with one attached hydrogen (secondary N) is 1. The minimum Gasteiger partial charge on any atom is -0.383 e. The standard InChI is InChI=1S/C11H14N2O3S/c1-16-7-6-13-17(14,15)9-11-4-2-10(8-12)3-5-11/h2-5,13H,6-7,9H2,1H3. The third-order valence-corrected chi connectivity index (χ3v) is 3.43. The molecule has 1 aromatic rings. The predicted molar refractivity (Wildman–Crippen MR) is 63.7 cm³/mol. The molecule has 0 aliphatic rings. The number of nitrogens with zero attached hydrogens (tertiary/aromatic N) is 1. The molecule has 0 fully saturated rings. The monoisotopic (exact) mass is 254 g/mol. The topological polar surface area (TPSA) is 79.2 Å². The molecule has 0 bridgehead atoms. The largest absolute Gasteiger partial charge is 0.383 e. The number of rotatable bonds is 6. The second kappa shape index (κ2) is 6.35. The van der Waals surface area contributed by atoms with Crippen LogP contribution in [-0.4, -0.2) is 28.7 Å². The quantitative estimate of drug-likeness (QED) is 0.755. The second-order valence-corrected chi connectivity index (χ2v) is 5.26. The first-order valence-electron chi connectivity index (χ1n) is 5.03. The summed E-state index contributed by atoms with van der Waals surface area (Å²) in [4.78, 5) is 0. The van der Waals surface area contributed by atoms with Crippen molar-refractivity contribution in [3.63, 3.8) is 0 Å². The fourth-order valence-corrected chi connectivity index (χ4v) is 2.37. The van der Waals surface area contributed by atoms with E-state index in [4.69, 9.17) is 10.00 Å². The van der Waals surface area contributed by atoms with Crippen LogP contribution in [-0.2, 0) is 20.5 Å². The highest BCUT2D eigenvalue weighted by Gasteiger charge is 2.10. The molecule has 6 heteroatoms. The van der Waals surface area contributed by atoms with E-state index >= 15 is 0 Å². The lowest BCUT2D eigenvalue weighted by Gasteiger charge is -2.06. The maximum Gasteiger partial charge on any atom is 0.215 e. The summed E-state index contributed by atoms with van der Waals surface area (Å²) >= 11 is 0. The SMILES string of the molecule is COCCNS(=O)(=O)Cc1ccc(C#N)cc1. The molecule has 0 saturated carbocycles. The molecule has 17 heavy (non-hydrogen) atoms.